The molecule has 0 radical (unpaired) electrons. The number of nitrogens with one attached hydrogen (secondary N) is 4. The SMILES string of the molecule is CC(C)(C)c1cc(C(C)(C)C)[n-]n1.CC(C)(C)c1cc(C(C)(C)C)[nH+][n-]1.C[NH+](C)CC[NH+](C)CC[NH+](C)C.[Ca+2]. The molecular formula is C31H65CaN7+4. The molecule has 0 aliphatic rings. The second-order valence-electron chi connectivity index (χ2n) is 15.7. The zero-order valence-corrected chi connectivity index (χ0v) is 31.2. The van der Waals surface area contributed by atoms with Crippen molar-refractivity contribution in [3.05, 3.63) is 34.9 Å². The van der Waals surface area contributed by atoms with Crippen LogP contribution in [0.2, 0.25) is 0 Å². The summed E-state index contributed by atoms with van der Waals surface area (Å²) in [7, 11) is 11.1. The molecule has 0 aromatic carbocycles. The van der Waals surface area contributed by atoms with Gasteiger partial charge in [0.1, 0.15) is 26.2 Å². The van der Waals surface area contributed by atoms with Crippen molar-refractivity contribution in [2.24, 2.45) is 0 Å². The van der Waals surface area contributed by atoms with E-state index in [1.165, 1.54) is 31.9 Å². The van der Waals surface area contributed by atoms with Crippen LogP contribution in [0.3, 0.4) is 0 Å². The van der Waals surface area contributed by atoms with Crippen molar-refractivity contribution in [2.45, 2.75) is 105 Å². The summed E-state index contributed by atoms with van der Waals surface area (Å²) in [5.41, 5.74) is 5.02. The van der Waals surface area contributed by atoms with Gasteiger partial charge in [-0.05, 0) is 16.9 Å². The van der Waals surface area contributed by atoms with Crippen LogP contribution in [-0.4, -0.2) is 104 Å². The number of nitrogens with zero attached hydrogens (tertiary/aromatic N) is 3. The minimum Gasteiger partial charge on any atom is -0.578 e. The van der Waals surface area contributed by atoms with E-state index in [9.17, 15) is 0 Å². The van der Waals surface area contributed by atoms with Crippen molar-refractivity contribution in [3.63, 3.8) is 0 Å². The molecule has 0 fully saturated rings. The molecule has 8 heteroatoms. The molecule has 0 saturated carbocycles. The van der Waals surface area contributed by atoms with Gasteiger partial charge in [0.15, 0.2) is 5.69 Å². The number of quaternary nitrogens is 3. The third-order valence-electron chi connectivity index (χ3n) is 6.33. The van der Waals surface area contributed by atoms with Gasteiger partial charge in [-0.1, -0.05) is 94.8 Å². The van der Waals surface area contributed by atoms with E-state index in [4.69, 9.17) is 0 Å². The summed E-state index contributed by atoms with van der Waals surface area (Å²) in [6.07, 6.45) is 0. The standard InChI is InChI=1S/C11H20N2.C11H19N2.C9H23N3.Ca/c2*1-10(2,3)8-7-9(13-12-8)11(4,5)6;1-10(2)6-8-12(5)9-7-11(3)4;/h7,12H,1-6H3;7H,1-6H3;6-9H2,1-5H3;/q;-1;;+2/p+3. The summed E-state index contributed by atoms with van der Waals surface area (Å²) in [6.45, 7) is 31.1. The van der Waals surface area contributed by atoms with Crippen LogP contribution >= 0.6 is 0 Å². The van der Waals surface area contributed by atoms with E-state index < -0.39 is 0 Å². The van der Waals surface area contributed by atoms with E-state index in [2.05, 4.69) is 151 Å². The Morgan fingerprint density at radius 1 is 0.615 bits per heavy atom. The molecule has 0 aliphatic carbocycles. The fourth-order valence-corrected chi connectivity index (χ4v) is 3.17. The molecule has 0 amide bonds. The summed E-state index contributed by atoms with van der Waals surface area (Å²) in [6, 6.07) is 4.28. The van der Waals surface area contributed by atoms with Gasteiger partial charge in [-0.25, -0.2) is 0 Å². The van der Waals surface area contributed by atoms with E-state index in [0.29, 0.717) is 0 Å². The second-order valence-corrected chi connectivity index (χ2v) is 15.7. The Morgan fingerprint density at radius 2 is 1.05 bits per heavy atom. The van der Waals surface area contributed by atoms with Gasteiger partial charge in [-0.15, -0.1) is 5.69 Å². The van der Waals surface area contributed by atoms with Crippen molar-refractivity contribution in [3.8, 4) is 0 Å². The Labute approximate surface area is 272 Å². The van der Waals surface area contributed by atoms with Crippen LogP contribution in [0.25, 0.3) is 0 Å². The summed E-state index contributed by atoms with van der Waals surface area (Å²) in [4.78, 5) is 4.75. The van der Waals surface area contributed by atoms with E-state index in [1.807, 2.05) is 0 Å². The first-order valence-electron chi connectivity index (χ1n) is 14.4. The Balaban J connectivity index is 0. The molecule has 0 saturated heterocycles. The summed E-state index contributed by atoms with van der Waals surface area (Å²) < 4.78 is 0. The van der Waals surface area contributed by atoms with Crippen LogP contribution in [0.5, 0.6) is 0 Å². The van der Waals surface area contributed by atoms with Crippen molar-refractivity contribution in [2.75, 3.05) is 61.4 Å². The molecule has 2 aromatic rings. The first-order chi connectivity index (χ1) is 16.9. The van der Waals surface area contributed by atoms with Gasteiger partial charge in [0.05, 0.1) is 35.2 Å². The smallest absolute Gasteiger partial charge is 0.578 e. The van der Waals surface area contributed by atoms with Crippen LogP contribution < -0.4 is 30.0 Å². The molecule has 0 unspecified atom stereocenters. The minimum absolute atomic E-state index is 0. The van der Waals surface area contributed by atoms with Crippen LogP contribution in [0.1, 0.15) is 106 Å². The molecule has 39 heavy (non-hydrogen) atoms. The van der Waals surface area contributed by atoms with Crippen LogP contribution in [-0.2, 0) is 21.7 Å². The van der Waals surface area contributed by atoms with E-state index >= 15 is 0 Å². The van der Waals surface area contributed by atoms with Gasteiger partial charge >= 0.3 is 37.7 Å². The summed E-state index contributed by atoms with van der Waals surface area (Å²) in [5.74, 6) is 0. The van der Waals surface area contributed by atoms with Gasteiger partial charge in [0.2, 0.25) is 0 Å². The predicted octanol–water partition coefficient (Wildman–Crippen LogP) is 0.0960. The molecule has 222 valence electrons. The maximum Gasteiger partial charge on any atom is 2.00 e. The molecule has 2 rings (SSSR count). The Hall–Kier alpha value is -0.440. The second kappa shape index (κ2) is 16.9. The van der Waals surface area contributed by atoms with E-state index in [1.54, 1.807) is 14.7 Å². The summed E-state index contributed by atoms with van der Waals surface area (Å²) >= 11 is 0. The third-order valence-corrected chi connectivity index (χ3v) is 6.33. The number of hydrogen-bond donors (Lipinski definition) is 3. The topological polar surface area (TPSA) is 68.5 Å². The Morgan fingerprint density at radius 3 is 1.28 bits per heavy atom. The van der Waals surface area contributed by atoms with Gasteiger partial charge in [-0.2, -0.15) is 0 Å². The Bertz CT molecular complexity index is 770. The van der Waals surface area contributed by atoms with Crippen molar-refractivity contribution < 1.29 is 19.8 Å². The maximum atomic E-state index is 4.33. The number of likely N-dealkylation sites (N-methyl/N-ethyl adjacent to an activating group) is 3. The predicted molar refractivity (Wildman–Crippen MR) is 166 cm³/mol. The van der Waals surface area contributed by atoms with Crippen LogP contribution in [0.4, 0.5) is 0 Å². The number of rotatable bonds is 6. The molecule has 2 heterocycles. The van der Waals surface area contributed by atoms with Gasteiger partial charge in [0.25, 0.3) is 0 Å². The molecule has 2 aromatic heterocycles. The first kappa shape index (κ1) is 40.7. The number of hydrogen-bond acceptors (Lipinski definition) is 1. The van der Waals surface area contributed by atoms with Crippen molar-refractivity contribution >= 4 is 37.7 Å². The average molecular weight is 576 g/mol. The molecule has 7 nitrogen and oxygen atoms in total. The monoisotopic (exact) mass is 575 g/mol. The number of aromatic nitrogens is 4. The average Bonchev–Trinajstić information content (AvgIpc) is 3.40. The van der Waals surface area contributed by atoms with Gasteiger partial charge in [-0.3, -0.25) is 5.10 Å². The first-order valence-corrected chi connectivity index (χ1v) is 14.4. The maximum absolute atomic E-state index is 4.33. The van der Waals surface area contributed by atoms with E-state index in [-0.39, 0.29) is 59.4 Å². The van der Waals surface area contributed by atoms with E-state index in [0.717, 1.165) is 17.1 Å². The largest absolute Gasteiger partial charge is 2.00 e. The molecule has 0 spiro atoms. The third kappa shape index (κ3) is 17.9. The fourth-order valence-electron chi connectivity index (χ4n) is 3.17. The molecule has 4 N–H and O–H groups in total. The Kier molecular flexibility index (Phi) is 17.6. The van der Waals surface area contributed by atoms with Gasteiger partial charge < -0.3 is 30.0 Å². The fraction of sp³-hybridized carbons (Fsp3) is 0.806. The molecular weight excluding hydrogens is 510 g/mol. The molecule has 0 bridgehead atoms. The van der Waals surface area contributed by atoms with Crippen LogP contribution in [0.15, 0.2) is 12.1 Å². The molecule has 0 atom stereocenters. The van der Waals surface area contributed by atoms with Crippen LogP contribution in [0, 0.1) is 0 Å². The number of H-pyrrole nitrogens is 1. The zero-order valence-electron chi connectivity index (χ0n) is 29.0. The normalized spacial score (nSPS) is 12.6. The summed E-state index contributed by atoms with van der Waals surface area (Å²) in [5, 5.41) is 15.8. The van der Waals surface area contributed by atoms with Gasteiger partial charge in [0, 0.05) is 16.5 Å². The molecule has 0 aliphatic heterocycles. The minimum atomic E-state index is 0. The quantitative estimate of drug-likeness (QED) is 0.428. The van der Waals surface area contributed by atoms with Crippen molar-refractivity contribution in [1.82, 2.24) is 15.3 Å². The number of aromatic amines is 1. The zero-order chi connectivity index (χ0) is 30.1. The van der Waals surface area contributed by atoms with Crippen molar-refractivity contribution in [1.29, 1.82) is 0 Å².